The highest BCUT2D eigenvalue weighted by molar-refractivity contribution is 9.10. The van der Waals surface area contributed by atoms with E-state index in [1.54, 1.807) is 199 Å². The van der Waals surface area contributed by atoms with Gasteiger partial charge in [-0.1, -0.05) is 37.8 Å². The summed E-state index contributed by atoms with van der Waals surface area (Å²) in [6.45, 7) is 36.3. The number of rotatable bonds is 6. The molecule has 30 nitrogen and oxygen atoms in total. The number of halogens is 1. The Labute approximate surface area is 589 Å². The summed E-state index contributed by atoms with van der Waals surface area (Å²) in [4.78, 5) is 143. The number of imidazole rings is 2. The molecule has 31 heteroatoms. The van der Waals surface area contributed by atoms with E-state index in [9.17, 15) is 38.4 Å². The SMILES string of the molecule is C.CC(C)(C)OC(=O)N(C(=O)OC(C)(C)C)c1ncc(Br)nc1-c1nc2ccccc2n1C(=O)OC(C)(C)C.CC(C)(C)OC(=O)N1CC=C(c2cnc(N(C(=O)OC(C)(C)C)C(=O)OC(C)(C)C)c(-c3nc4ccccc4n3C(=O)OC(C)(C)C)n2)CC1.COC(=O)c1nccnc1N. The Morgan fingerprint density at radius 3 is 1.22 bits per heavy atom. The van der Waals surface area contributed by atoms with Gasteiger partial charge in [0, 0.05) is 25.5 Å². The van der Waals surface area contributed by atoms with Gasteiger partial charge >= 0.3 is 48.6 Å². The third-order valence-electron chi connectivity index (χ3n) is 12.2. The van der Waals surface area contributed by atoms with Crippen LogP contribution in [0.25, 0.3) is 50.7 Å². The molecule has 0 aliphatic carbocycles. The van der Waals surface area contributed by atoms with Crippen molar-refractivity contribution >= 4 is 110 Å². The van der Waals surface area contributed by atoms with Crippen LogP contribution in [0, 0.1) is 0 Å². The van der Waals surface area contributed by atoms with Crippen LogP contribution in [-0.4, -0.2) is 162 Å². The van der Waals surface area contributed by atoms with E-state index < -0.39 is 87.8 Å². The molecule has 0 atom stereocenters. The monoisotopic (exact) mass is 1450 g/mol. The molecule has 0 fully saturated rings. The first-order valence-electron chi connectivity index (χ1n) is 31.2. The molecule has 0 unspecified atom stereocenters. The first-order chi connectivity index (χ1) is 45.5. The number of esters is 1. The lowest BCUT2D eigenvalue weighted by Gasteiger charge is -2.30. The van der Waals surface area contributed by atoms with Gasteiger partial charge in [0.2, 0.25) is 0 Å². The number of carbonyl (C=O) groups is 8. The molecule has 6 heterocycles. The fourth-order valence-corrected chi connectivity index (χ4v) is 8.88. The zero-order valence-electron chi connectivity index (χ0n) is 59.9. The van der Waals surface area contributed by atoms with E-state index in [2.05, 4.69) is 50.6 Å². The molecule has 1 aliphatic rings. The van der Waals surface area contributed by atoms with Gasteiger partial charge in [0.05, 0.1) is 47.3 Å². The zero-order chi connectivity index (χ0) is 74.3. The molecule has 0 saturated heterocycles. The minimum Gasteiger partial charge on any atom is -0.464 e. The van der Waals surface area contributed by atoms with Gasteiger partial charge in [-0.3, -0.25) is 0 Å². The van der Waals surface area contributed by atoms with Gasteiger partial charge in [0.15, 0.2) is 46.2 Å². The van der Waals surface area contributed by atoms with E-state index in [-0.39, 0.29) is 64.8 Å². The number of carbonyl (C=O) groups excluding carboxylic acids is 8. The average Bonchev–Trinajstić information content (AvgIpc) is 1.55. The summed E-state index contributed by atoms with van der Waals surface area (Å²) in [7, 11) is 1.26. The molecule has 0 radical (unpaired) electrons. The highest BCUT2D eigenvalue weighted by Crippen LogP contribution is 2.37. The number of benzene rings is 2. The molecule has 100 heavy (non-hydrogen) atoms. The first-order valence-corrected chi connectivity index (χ1v) is 32.0. The van der Waals surface area contributed by atoms with Gasteiger partial charge in [0.25, 0.3) is 0 Å². The number of aromatic nitrogens is 10. The number of nitrogens with two attached hydrogens (primary N) is 1. The zero-order valence-corrected chi connectivity index (χ0v) is 61.5. The summed E-state index contributed by atoms with van der Waals surface area (Å²) in [6.07, 6.45) is 1.59. The minimum atomic E-state index is -1.07. The lowest BCUT2D eigenvalue weighted by molar-refractivity contribution is 0.0267. The van der Waals surface area contributed by atoms with Crippen molar-refractivity contribution in [1.82, 2.24) is 53.9 Å². The largest absolute Gasteiger partial charge is 0.464 e. The van der Waals surface area contributed by atoms with Crippen molar-refractivity contribution in [1.29, 1.82) is 0 Å². The Bertz CT molecular complexity index is 4160. The molecule has 1 aliphatic heterocycles. The van der Waals surface area contributed by atoms with Gasteiger partial charge < -0.3 is 48.5 Å². The normalized spacial score (nSPS) is 12.8. The molecule has 0 saturated carbocycles. The van der Waals surface area contributed by atoms with Crippen molar-refractivity contribution in [3.05, 3.63) is 95.4 Å². The minimum absolute atomic E-state index is 0. The first kappa shape index (κ1) is 80.5. The van der Waals surface area contributed by atoms with Crippen LogP contribution in [0.4, 0.5) is 51.0 Å². The average molecular weight is 1450 g/mol. The van der Waals surface area contributed by atoms with Crippen molar-refractivity contribution < 1.29 is 76.3 Å². The molecule has 2 N–H and O–H groups in total. The maximum Gasteiger partial charge on any atom is 0.425 e. The second kappa shape index (κ2) is 31.3. The second-order valence-corrected chi connectivity index (χ2v) is 29.9. The fourth-order valence-electron chi connectivity index (χ4n) is 8.60. The topological polar surface area (TPSA) is 359 Å². The molecule has 540 valence electrons. The summed E-state index contributed by atoms with van der Waals surface area (Å²) >= 11 is 3.29. The van der Waals surface area contributed by atoms with Crippen LogP contribution in [0.5, 0.6) is 0 Å². The van der Waals surface area contributed by atoms with Crippen LogP contribution < -0.4 is 15.5 Å². The van der Waals surface area contributed by atoms with E-state index in [1.807, 2.05) is 6.08 Å². The summed E-state index contributed by atoms with van der Waals surface area (Å²) in [5.41, 5.74) is 1.86. The molecule has 5 aromatic heterocycles. The molecule has 0 bridgehead atoms. The predicted octanol–water partition coefficient (Wildman–Crippen LogP) is 15.2. The Morgan fingerprint density at radius 1 is 0.480 bits per heavy atom. The standard InChI is InChI=1S/C36H48N6O8.C26H32BrN5O6.C6H7N3O2.CH4/c1-33(2,3)47-29(43)40-19-17-22(18-20-40)24-21-37-27(42(31(45)49-35(7,8)9)32(46)50-36(10,11)12)26(38-24)28-39-23-15-13-14-16-25(23)41(28)30(44)48-34(4,5)6;1-24(2,3)36-21(33)31-16-13-11-10-12-15(16)29-20(31)18-19(28-14-17(27)30-18)32(22(34)37-25(4,5)6)23(35)38-26(7,8)9;1-11-6(10)4-5(7)9-3-2-8-4;/h13-17,21H,18-20H2,1-12H3;10-14H,1-9H3;2-3H,1H3,(H2,7,9);1H4. The van der Waals surface area contributed by atoms with E-state index in [1.165, 1.54) is 41.0 Å². The lowest BCUT2D eigenvalue weighted by Crippen LogP contribution is -2.44. The smallest absolute Gasteiger partial charge is 0.425 e. The van der Waals surface area contributed by atoms with Crippen LogP contribution in [0.1, 0.15) is 175 Å². The summed E-state index contributed by atoms with van der Waals surface area (Å²) < 4.78 is 46.3. The van der Waals surface area contributed by atoms with Gasteiger partial charge in [-0.25, -0.2) is 87.4 Å². The van der Waals surface area contributed by atoms with Crippen molar-refractivity contribution in [2.75, 3.05) is 35.7 Å². The number of imide groups is 2. The maximum absolute atomic E-state index is 13.8. The number of hydrogen-bond acceptors (Lipinski definition) is 25. The molecular weight excluding hydrogens is 1360 g/mol. The Kier molecular flexibility index (Phi) is 25.2. The van der Waals surface area contributed by atoms with Crippen LogP contribution in [0.2, 0.25) is 0 Å². The van der Waals surface area contributed by atoms with E-state index >= 15 is 0 Å². The number of methoxy groups -OCH3 is 1. The van der Waals surface area contributed by atoms with Crippen LogP contribution in [0.15, 0.2) is 84.0 Å². The summed E-state index contributed by atoms with van der Waals surface area (Å²) in [5.74, 6) is -1.04. The summed E-state index contributed by atoms with van der Waals surface area (Å²) in [6, 6.07) is 13.8. The number of amides is 5. The van der Waals surface area contributed by atoms with Crippen molar-refractivity contribution in [2.45, 2.75) is 198 Å². The number of para-hydroxylation sites is 4. The van der Waals surface area contributed by atoms with E-state index in [4.69, 9.17) is 48.9 Å². The van der Waals surface area contributed by atoms with Gasteiger partial charge in [-0.05, 0) is 198 Å². The van der Waals surface area contributed by atoms with Gasteiger partial charge in [0.1, 0.15) is 43.8 Å². The number of ether oxygens (including phenoxy) is 8. The highest BCUT2D eigenvalue weighted by atomic mass is 79.9. The quantitative estimate of drug-likeness (QED) is 0.119. The molecule has 2 aromatic carbocycles. The highest BCUT2D eigenvalue weighted by Gasteiger charge is 2.41. The van der Waals surface area contributed by atoms with Gasteiger partial charge in [-0.15, -0.1) is 0 Å². The third-order valence-corrected chi connectivity index (χ3v) is 12.6. The Hall–Kier alpha value is -10.2. The third kappa shape index (κ3) is 22.4. The number of anilines is 3. The molecule has 8 rings (SSSR count). The fraction of sp³-hybridized carbons (Fsp3) is 0.478. The van der Waals surface area contributed by atoms with Crippen LogP contribution in [0.3, 0.4) is 0 Å². The van der Waals surface area contributed by atoms with Crippen molar-refractivity contribution in [3.8, 4) is 23.0 Å². The number of nitrogens with zero attached hydrogens (tertiary/aromatic N) is 13. The number of nitrogen functional groups attached to an aromatic ring is 1. The Morgan fingerprint density at radius 2 is 0.850 bits per heavy atom. The summed E-state index contributed by atoms with van der Waals surface area (Å²) in [5, 5.41) is 0. The number of fused-ring (bicyclic) bond motifs is 2. The van der Waals surface area contributed by atoms with Crippen molar-refractivity contribution in [2.24, 2.45) is 0 Å². The maximum atomic E-state index is 13.8. The second-order valence-electron chi connectivity index (χ2n) is 29.1. The van der Waals surface area contributed by atoms with E-state index in [0.717, 1.165) is 5.57 Å². The Balaban J connectivity index is 0.000000317. The van der Waals surface area contributed by atoms with Crippen LogP contribution in [-0.2, 0) is 37.9 Å². The van der Waals surface area contributed by atoms with Gasteiger partial charge in [-0.2, -0.15) is 9.80 Å². The lowest BCUT2D eigenvalue weighted by atomic mass is 10.1. The number of hydrogen-bond donors (Lipinski definition) is 1. The predicted molar refractivity (Wildman–Crippen MR) is 377 cm³/mol. The van der Waals surface area contributed by atoms with E-state index in [0.29, 0.717) is 50.5 Å². The molecular formula is C69H91BrN14O16. The molecule has 7 aromatic rings. The molecule has 5 amide bonds. The molecule has 0 spiro atoms. The van der Waals surface area contributed by atoms with Crippen molar-refractivity contribution in [3.63, 3.8) is 0 Å². The van der Waals surface area contributed by atoms with Crippen LogP contribution >= 0.6 is 15.9 Å².